The zero-order valence-corrected chi connectivity index (χ0v) is 13.1. The highest BCUT2D eigenvalue weighted by molar-refractivity contribution is 8.26. The molecule has 1 aromatic rings. The first kappa shape index (κ1) is 14.6. The van der Waals surface area contributed by atoms with Crippen LogP contribution in [0.2, 0.25) is 5.02 Å². The number of carbonyl (C=O) groups excluding carboxylic acids is 1. The Bertz CT molecular complexity index is 537. The highest BCUT2D eigenvalue weighted by Gasteiger charge is 2.32. The zero-order chi connectivity index (χ0) is 14.0. The molecule has 0 spiro atoms. The topological polar surface area (TPSA) is 20.3 Å². The summed E-state index contributed by atoms with van der Waals surface area (Å²) in [5.74, 6) is 0.399. The summed E-state index contributed by atoms with van der Waals surface area (Å²) >= 11 is 12.5. The molecule has 19 heavy (non-hydrogen) atoms. The number of carbonyl (C=O) groups is 1. The molecule has 0 aliphatic carbocycles. The Morgan fingerprint density at radius 1 is 1.37 bits per heavy atom. The highest BCUT2D eigenvalue weighted by atomic mass is 35.5. The molecule has 1 heterocycles. The van der Waals surface area contributed by atoms with Gasteiger partial charge in [-0.1, -0.05) is 61.6 Å². The van der Waals surface area contributed by atoms with E-state index in [0.717, 1.165) is 5.56 Å². The minimum Gasteiger partial charge on any atom is -0.293 e. The van der Waals surface area contributed by atoms with Gasteiger partial charge in [-0.3, -0.25) is 9.69 Å². The molecule has 1 aliphatic heterocycles. The molecule has 0 unspecified atom stereocenters. The van der Waals surface area contributed by atoms with Crippen molar-refractivity contribution in [3.63, 3.8) is 0 Å². The van der Waals surface area contributed by atoms with E-state index in [9.17, 15) is 4.79 Å². The minimum atomic E-state index is -0.00125. The first-order chi connectivity index (χ1) is 8.97. The van der Waals surface area contributed by atoms with E-state index in [-0.39, 0.29) is 5.91 Å². The van der Waals surface area contributed by atoms with E-state index >= 15 is 0 Å². The molecule has 1 aromatic carbocycles. The molecule has 1 saturated heterocycles. The van der Waals surface area contributed by atoms with Gasteiger partial charge in [-0.05, 0) is 29.7 Å². The molecule has 2 rings (SSSR count). The number of benzene rings is 1. The number of rotatable bonds is 3. The van der Waals surface area contributed by atoms with Crippen molar-refractivity contribution in [2.75, 3.05) is 6.54 Å². The lowest BCUT2D eigenvalue weighted by molar-refractivity contribution is -0.122. The van der Waals surface area contributed by atoms with Crippen LogP contribution in [0.3, 0.4) is 0 Å². The average molecular weight is 312 g/mol. The van der Waals surface area contributed by atoms with Crippen molar-refractivity contribution >= 4 is 51.9 Å². The molecular weight excluding hydrogens is 298 g/mol. The maximum atomic E-state index is 12.2. The Morgan fingerprint density at radius 2 is 2.00 bits per heavy atom. The van der Waals surface area contributed by atoms with Gasteiger partial charge in [0.05, 0.1) is 4.91 Å². The molecule has 0 bridgehead atoms. The average Bonchev–Trinajstić information content (AvgIpc) is 2.60. The van der Waals surface area contributed by atoms with Crippen LogP contribution in [-0.2, 0) is 4.79 Å². The van der Waals surface area contributed by atoms with Crippen molar-refractivity contribution in [2.45, 2.75) is 13.8 Å². The van der Waals surface area contributed by atoms with Crippen LogP contribution in [0.5, 0.6) is 0 Å². The third kappa shape index (κ3) is 3.59. The molecular formula is C14H14ClNOS2. The van der Waals surface area contributed by atoms with E-state index in [2.05, 4.69) is 13.8 Å². The predicted molar refractivity (Wildman–Crippen MR) is 86.2 cm³/mol. The number of amides is 1. The minimum absolute atomic E-state index is 0.00125. The van der Waals surface area contributed by atoms with Crippen LogP contribution in [0.15, 0.2) is 29.2 Å². The SMILES string of the molecule is CC(C)CN1C(=O)/C(=C/c2ccc(Cl)cc2)SC1=S. The van der Waals surface area contributed by atoms with Crippen LogP contribution in [-0.4, -0.2) is 21.7 Å². The van der Waals surface area contributed by atoms with Crippen molar-refractivity contribution in [3.05, 3.63) is 39.8 Å². The summed E-state index contributed by atoms with van der Waals surface area (Å²) in [5, 5.41) is 0.685. The van der Waals surface area contributed by atoms with E-state index in [1.807, 2.05) is 30.3 Å². The molecule has 1 fully saturated rings. The molecule has 2 nitrogen and oxygen atoms in total. The number of nitrogens with zero attached hydrogens (tertiary/aromatic N) is 1. The predicted octanol–water partition coefficient (Wildman–Crippen LogP) is 4.20. The fraction of sp³-hybridized carbons (Fsp3) is 0.286. The normalized spacial score (nSPS) is 17.9. The smallest absolute Gasteiger partial charge is 0.266 e. The first-order valence-corrected chi connectivity index (χ1v) is 7.58. The Hall–Kier alpha value is -0.840. The van der Waals surface area contributed by atoms with Gasteiger partial charge in [0.25, 0.3) is 5.91 Å². The second kappa shape index (κ2) is 6.07. The Kier molecular flexibility index (Phi) is 4.66. The van der Waals surface area contributed by atoms with Gasteiger partial charge in [0.1, 0.15) is 4.32 Å². The van der Waals surface area contributed by atoms with Crippen LogP contribution in [0, 0.1) is 5.92 Å². The van der Waals surface area contributed by atoms with Crippen LogP contribution < -0.4 is 0 Å². The number of halogens is 1. The van der Waals surface area contributed by atoms with Crippen LogP contribution >= 0.6 is 35.6 Å². The fourth-order valence-corrected chi connectivity index (χ4v) is 3.13. The lowest BCUT2D eigenvalue weighted by Gasteiger charge is -2.16. The monoisotopic (exact) mass is 311 g/mol. The lowest BCUT2D eigenvalue weighted by atomic mass is 10.2. The second-order valence-electron chi connectivity index (χ2n) is 4.74. The van der Waals surface area contributed by atoms with Crippen LogP contribution in [0.25, 0.3) is 6.08 Å². The van der Waals surface area contributed by atoms with Gasteiger partial charge in [0.2, 0.25) is 0 Å². The van der Waals surface area contributed by atoms with E-state index in [4.69, 9.17) is 23.8 Å². The standard InChI is InChI=1S/C14H14ClNOS2/c1-9(2)8-16-13(17)12(19-14(16)18)7-10-3-5-11(15)6-4-10/h3-7,9H,8H2,1-2H3/b12-7-. The highest BCUT2D eigenvalue weighted by Crippen LogP contribution is 2.33. The van der Waals surface area contributed by atoms with E-state index in [1.165, 1.54) is 11.8 Å². The van der Waals surface area contributed by atoms with Gasteiger partial charge < -0.3 is 0 Å². The summed E-state index contributed by atoms with van der Waals surface area (Å²) in [6.45, 7) is 4.81. The summed E-state index contributed by atoms with van der Waals surface area (Å²) in [6.07, 6.45) is 1.86. The van der Waals surface area contributed by atoms with Crippen molar-refractivity contribution < 1.29 is 4.79 Å². The summed E-state index contributed by atoms with van der Waals surface area (Å²) in [7, 11) is 0. The quantitative estimate of drug-likeness (QED) is 0.616. The summed E-state index contributed by atoms with van der Waals surface area (Å²) in [6, 6.07) is 7.39. The maximum absolute atomic E-state index is 12.2. The van der Waals surface area contributed by atoms with E-state index < -0.39 is 0 Å². The number of hydrogen-bond acceptors (Lipinski definition) is 3. The number of thioether (sulfide) groups is 1. The summed E-state index contributed by atoms with van der Waals surface area (Å²) in [5.41, 5.74) is 0.953. The van der Waals surface area contributed by atoms with Crippen LogP contribution in [0.4, 0.5) is 0 Å². The van der Waals surface area contributed by atoms with Crippen molar-refractivity contribution in [1.82, 2.24) is 4.90 Å². The molecule has 100 valence electrons. The zero-order valence-electron chi connectivity index (χ0n) is 10.7. The van der Waals surface area contributed by atoms with Gasteiger partial charge in [0.15, 0.2) is 0 Å². The number of thiocarbonyl (C=S) groups is 1. The Labute approximate surface area is 127 Å². The first-order valence-electron chi connectivity index (χ1n) is 5.98. The third-order valence-electron chi connectivity index (χ3n) is 2.59. The van der Waals surface area contributed by atoms with Crippen molar-refractivity contribution in [3.8, 4) is 0 Å². The molecule has 1 aliphatic rings. The summed E-state index contributed by atoms with van der Waals surface area (Å²) < 4.78 is 0.638. The molecule has 0 aromatic heterocycles. The van der Waals surface area contributed by atoms with Crippen molar-refractivity contribution in [2.24, 2.45) is 5.92 Å². The Balaban J connectivity index is 2.20. The molecule has 5 heteroatoms. The molecule has 0 N–H and O–H groups in total. The largest absolute Gasteiger partial charge is 0.293 e. The van der Waals surface area contributed by atoms with Crippen molar-refractivity contribution in [1.29, 1.82) is 0 Å². The second-order valence-corrected chi connectivity index (χ2v) is 6.85. The molecule has 0 atom stereocenters. The van der Waals surface area contributed by atoms with Gasteiger partial charge in [-0.2, -0.15) is 0 Å². The van der Waals surface area contributed by atoms with Crippen LogP contribution in [0.1, 0.15) is 19.4 Å². The van der Waals surface area contributed by atoms with E-state index in [1.54, 1.807) is 4.90 Å². The van der Waals surface area contributed by atoms with Gasteiger partial charge >= 0.3 is 0 Å². The fourth-order valence-electron chi connectivity index (χ4n) is 1.73. The molecule has 0 saturated carbocycles. The van der Waals surface area contributed by atoms with Gasteiger partial charge in [-0.25, -0.2) is 0 Å². The third-order valence-corrected chi connectivity index (χ3v) is 4.22. The van der Waals surface area contributed by atoms with Gasteiger partial charge in [0, 0.05) is 11.6 Å². The Morgan fingerprint density at radius 3 is 2.58 bits per heavy atom. The summed E-state index contributed by atoms with van der Waals surface area (Å²) in [4.78, 5) is 14.6. The maximum Gasteiger partial charge on any atom is 0.266 e. The van der Waals surface area contributed by atoms with Gasteiger partial charge in [-0.15, -0.1) is 0 Å². The van der Waals surface area contributed by atoms with E-state index in [0.29, 0.717) is 26.7 Å². The number of hydrogen-bond donors (Lipinski definition) is 0. The molecule has 0 radical (unpaired) electrons. The lowest BCUT2D eigenvalue weighted by Crippen LogP contribution is -2.31. The molecule has 1 amide bonds.